The molecule has 7 nitrogen and oxygen atoms in total. The van der Waals surface area contributed by atoms with Crippen molar-refractivity contribution in [1.82, 2.24) is 9.21 Å². The summed E-state index contributed by atoms with van der Waals surface area (Å²) in [5.74, 6) is -0.395. The molecule has 2 aliphatic rings. The van der Waals surface area contributed by atoms with Crippen molar-refractivity contribution in [1.29, 1.82) is 0 Å². The van der Waals surface area contributed by atoms with Crippen molar-refractivity contribution in [3.05, 3.63) is 70.4 Å². The molecule has 2 N–H and O–H groups in total. The highest BCUT2D eigenvalue weighted by Gasteiger charge is 2.61. The van der Waals surface area contributed by atoms with Crippen LogP contribution in [0.25, 0.3) is 6.08 Å². The van der Waals surface area contributed by atoms with E-state index in [4.69, 9.17) is 10.5 Å². The Morgan fingerprint density at radius 1 is 1.32 bits per heavy atom. The predicted molar refractivity (Wildman–Crippen MR) is 132 cm³/mol. The van der Waals surface area contributed by atoms with E-state index in [0.717, 1.165) is 36.7 Å². The van der Waals surface area contributed by atoms with Crippen LogP contribution in [0.15, 0.2) is 47.5 Å². The summed E-state index contributed by atoms with van der Waals surface area (Å²) in [5.41, 5.74) is 9.65. The minimum atomic E-state index is -1.43. The van der Waals surface area contributed by atoms with Gasteiger partial charge in [-0.3, -0.25) is 4.79 Å². The van der Waals surface area contributed by atoms with Gasteiger partial charge in [0.05, 0.1) is 22.5 Å². The van der Waals surface area contributed by atoms with Crippen molar-refractivity contribution in [2.45, 2.75) is 49.6 Å². The molecule has 34 heavy (non-hydrogen) atoms. The molecule has 1 heterocycles. The largest absolute Gasteiger partial charge is 0.593 e. The van der Waals surface area contributed by atoms with Gasteiger partial charge in [0.25, 0.3) is 0 Å². The molecule has 2 fully saturated rings. The van der Waals surface area contributed by atoms with E-state index in [-0.39, 0.29) is 18.3 Å². The number of ether oxygens (including phenoxy) is 1. The highest BCUT2D eigenvalue weighted by Crippen LogP contribution is 2.51. The van der Waals surface area contributed by atoms with Crippen LogP contribution in [0.2, 0.25) is 0 Å². The van der Waals surface area contributed by atoms with Crippen LogP contribution in [0.5, 0.6) is 0 Å². The van der Waals surface area contributed by atoms with E-state index < -0.39 is 17.3 Å². The minimum absolute atomic E-state index is 0.0303. The second kappa shape index (κ2) is 9.92. The normalized spacial score (nSPS) is 20.0. The van der Waals surface area contributed by atoms with E-state index in [2.05, 4.69) is 0 Å². The Hall–Kier alpha value is -2.65. The summed E-state index contributed by atoms with van der Waals surface area (Å²) in [5, 5.41) is 0. The number of nitrogens with two attached hydrogens (primary N) is 1. The van der Waals surface area contributed by atoms with Gasteiger partial charge in [-0.1, -0.05) is 29.8 Å². The van der Waals surface area contributed by atoms with Gasteiger partial charge >= 0.3 is 5.97 Å². The number of benzene rings is 2. The van der Waals surface area contributed by atoms with Gasteiger partial charge in [-0.2, -0.15) is 0 Å². The summed E-state index contributed by atoms with van der Waals surface area (Å²) in [6, 6.07) is 10.9. The molecular weight excluding hydrogens is 450 g/mol. The first-order valence-corrected chi connectivity index (χ1v) is 12.5. The average molecular weight is 482 g/mol. The van der Waals surface area contributed by atoms with Crippen molar-refractivity contribution in [2.24, 2.45) is 5.73 Å². The molecule has 2 aromatic rings. The van der Waals surface area contributed by atoms with Gasteiger partial charge in [-0.15, -0.1) is 4.31 Å². The fourth-order valence-electron chi connectivity index (χ4n) is 4.57. The number of esters is 1. The standard InChI is InChI=1S/C26H31N3O4S/c1-18-7-8-21(19(2)15-18)25(31)33-17-28(3)13-9-22-20(16-30)5-4-6-23(22)34(32)29-14-10-24(27)26(29)11-12-26/h4-9,13,15-16,24H,10-12,14,17,27H2,1-3H3/b13-9-. The number of aldehydes is 1. The molecule has 0 aromatic heterocycles. The first-order chi connectivity index (χ1) is 16.3. The number of carbonyl (C=O) groups is 2. The number of hydrogen-bond donors (Lipinski definition) is 1. The lowest BCUT2D eigenvalue weighted by molar-refractivity contribution is 0.0350. The lowest BCUT2D eigenvalue weighted by atomic mass is 10.1. The molecule has 1 saturated heterocycles. The minimum Gasteiger partial charge on any atom is -0.593 e. The molecule has 1 aliphatic carbocycles. The number of aryl methyl sites for hydroxylation is 2. The predicted octanol–water partition coefficient (Wildman–Crippen LogP) is 3.42. The van der Waals surface area contributed by atoms with Crippen molar-refractivity contribution < 1.29 is 18.9 Å². The van der Waals surface area contributed by atoms with E-state index >= 15 is 0 Å². The molecule has 180 valence electrons. The number of nitrogens with zero attached hydrogens (tertiary/aromatic N) is 2. The lowest BCUT2D eigenvalue weighted by Gasteiger charge is -2.28. The lowest BCUT2D eigenvalue weighted by Crippen LogP contribution is -2.44. The third-order valence-corrected chi connectivity index (χ3v) is 8.38. The fraction of sp³-hybridized carbons (Fsp3) is 0.385. The summed E-state index contributed by atoms with van der Waals surface area (Å²) in [4.78, 5) is 26.5. The van der Waals surface area contributed by atoms with Gasteiger partial charge in [0.1, 0.15) is 0 Å². The second-order valence-electron chi connectivity index (χ2n) is 9.18. The van der Waals surface area contributed by atoms with Crippen LogP contribution in [0.4, 0.5) is 0 Å². The molecule has 0 amide bonds. The summed E-state index contributed by atoms with van der Waals surface area (Å²) >= 11 is -1.43. The number of hydrogen-bond acceptors (Lipinski definition) is 7. The van der Waals surface area contributed by atoms with E-state index in [1.54, 1.807) is 48.5 Å². The van der Waals surface area contributed by atoms with E-state index in [0.29, 0.717) is 28.1 Å². The Balaban J connectivity index is 1.48. The molecule has 2 aromatic carbocycles. The maximum atomic E-state index is 13.6. The van der Waals surface area contributed by atoms with Gasteiger partial charge in [-0.25, -0.2) is 4.79 Å². The Bertz CT molecular complexity index is 1120. The van der Waals surface area contributed by atoms with Gasteiger partial charge < -0.3 is 19.9 Å². The molecule has 8 heteroatoms. The molecule has 4 rings (SSSR count). The van der Waals surface area contributed by atoms with Crippen LogP contribution in [0, 0.1) is 13.8 Å². The molecular formula is C26H31N3O4S. The van der Waals surface area contributed by atoms with Gasteiger partial charge in [-0.05, 0) is 56.9 Å². The quantitative estimate of drug-likeness (QED) is 0.267. The summed E-state index contributed by atoms with van der Waals surface area (Å²) < 4.78 is 21.0. The van der Waals surface area contributed by atoms with Crippen LogP contribution in [-0.4, -0.2) is 57.9 Å². The Morgan fingerprint density at radius 3 is 2.76 bits per heavy atom. The Kier molecular flexibility index (Phi) is 7.14. The molecule has 0 radical (unpaired) electrons. The SMILES string of the molecule is Cc1ccc(C(=O)OCN(C)/C=C\c2c(C=O)cccc2[S+]([O-])N2CCC(N)C23CC3)c(C)c1. The van der Waals surface area contributed by atoms with Crippen LogP contribution in [0.1, 0.15) is 56.7 Å². The molecule has 2 atom stereocenters. The van der Waals surface area contributed by atoms with Crippen molar-refractivity contribution in [3.8, 4) is 0 Å². The number of rotatable bonds is 8. The van der Waals surface area contributed by atoms with Gasteiger partial charge in [0.2, 0.25) is 0 Å². The summed E-state index contributed by atoms with van der Waals surface area (Å²) in [7, 11) is 1.77. The third kappa shape index (κ3) is 4.77. The highest BCUT2D eigenvalue weighted by molar-refractivity contribution is 7.89. The van der Waals surface area contributed by atoms with Crippen LogP contribution in [-0.2, 0) is 16.1 Å². The molecule has 1 spiro atoms. The smallest absolute Gasteiger partial charge is 0.340 e. The first-order valence-electron chi connectivity index (χ1n) is 11.4. The van der Waals surface area contributed by atoms with E-state index in [9.17, 15) is 14.1 Å². The molecule has 1 saturated carbocycles. The Labute approximate surface area is 203 Å². The van der Waals surface area contributed by atoms with Crippen molar-refractivity contribution >= 4 is 29.7 Å². The Morgan fingerprint density at radius 2 is 2.09 bits per heavy atom. The van der Waals surface area contributed by atoms with Gasteiger partial charge in [0, 0.05) is 37.0 Å². The summed E-state index contributed by atoms with van der Waals surface area (Å²) in [6.45, 7) is 4.57. The molecule has 1 aliphatic heterocycles. The highest BCUT2D eigenvalue weighted by atomic mass is 32.2. The van der Waals surface area contributed by atoms with Crippen LogP contribution >= 0.6 is 0 Å². The van der Waals surface area contributed by atoms with E-state index in [1.165, 1.54) is 0 Å². The van der Waals surface area contributed by atoms with Crippen molar-refractivity contribution in [3.63, 3.8) is 0 Å². The fourth-order valence-corrected chi connectivity index (χ4v) is 6.29. The third-order valence-electron chi connectivity index (χ3n) is 6.70. The monoisotopic (exact) mass is 481 g/mol. The number of carbonyl (C=O) groups excluding carboxylic acids is 2. The zero-order chi connectivity index (χ0) is 24.5. The van der Waals surface area contributed by atoms with Crippen molar-refractivity contribution in [2.75, 3.05) is 20.3 Å². The summed E-state index contributed by atoms with van der Waals surface area (Å²) in [6.07, 6.45) is 6.96. The van der Waals surface area contributed by atoms with Crippen LogP contribution in [0.3, 0.4) is 0 Å². The molecule has 2 unspecified atom stereocenters. The maximum absolute atomic E-state index is 13.6. The molecule has 0 bridgehead atoms. The second-order valence-corrected chi connectivity index (χ2v) is 10.6. The first kappa shape index (κ1) is 24.5. The van der Waals surface area contributed by atoms with Crippen LogP contribution < -0.4 is 5.73 Å². The topological polar surface area (TPSA) is 98.9 Å². The van der Waals surface area contributed by atoms with E-state index in [1.807, 2.05) is 30.3 Å². The maximum Gasteiger partial charge on any atom is 0.340 e. The zero-order valence-electron chi connectivity index (χ0n) is 19.8. The average Bonchev–Trinajstić information content (AvgIpc) is 3.55. The zero-order valence-corrected chi connectivity index (χ0v) is 20.6. The van der Waals surface area contributed by atoms with Gasteiger partial charge in [0.15, 0.2) is 17.9 Å².